The maximum Gasteiger partial charge on any atom is 0.264 e. The largest absolute Gasteiger partial charge is 0.399 e. The van der Waals surface area contributed by atoms with Gasteiger partial charge in [-0.15, -0.1) is 0 Å². The fourth-order valence-corrected chi connectivity index (χ4v) is 3.91. The summed E-state index contributed by atoms with van der Waals surface area (Å²) in [6.45, 7) is 3.69. The number of halogens is 1. The van der Waals surface area contributed by atoms with E-state index >= 15 is 0 Å². The van der Waals surface area contributed by atoms with Gasteiger partial charge in [0, 0.05) is 15.9 Å². The van der Waals surface area contributed by atoms with Gasteiger partial charge >= 0.3 is 0 Å². The summed E-state index contributed by atoms with van der Waals surface area (Å²) in [7, 11) is -3.71. The molecule has 20 heavy (non-hydrogen) atoms. The molecule has 5 nitrogen and oxygen atoms in total. The molecule has 106 valence electrons. The van der Waals surface area contributed by atoms with Crippen molar-refractivity contribution in [3.05, 3.63) is 46.1 Å². The maximum atomic E-state index is 12.3. The second kappa shape index (κ2) is 5.41. The number of benzene rings is 1. The number of hydrogen-bond donors (Lipinski definition) is 2. The molecule has 2 aromatic rings. The molecule has 0 unspecified atom stereocenters. The lowest BCUT2D eigenvalue weighted by Gasteiger charge is -2.10. The summed E-state index contributed by atoms with van der Waals surface area (Å²) in [6.07, 6.45) is 0. The van der Waals surface area contributed by atoms with Gasteiger partial charge in [0.05, 0.1) is 0 Å². The Morgan fingerprint density at radius 1 is 1.20 bits per heavy atom. The molecule has 0 saturated heterocycles. The highest BCUT2D eigenvalue weighted by Crippen LogP contribution is 2.26. The minimum atomic E-state index is -3.71. The first-order chi connectivity index (χ1) is 9.28. The van der Waals surface area contributed by atoms with E-state index in [0.29, 0.717) is 16.0 Å². The number of nitrogens with zero attached hydrogens (tertiary/aromatic N) is 1. The number of nitrogens with two attached hydrogens (primary N) is 1. The van der Waals surface area contributed by atoms with E-state index in [-0.39, 0.29) is 4.90 Å². The Kier molecular flexibility index (Phi) is 4.01. The summed E-state index contributed by atoms with van der Waals surface area (Å²) in [5.74, 6) is 0.297. The van der Waals surface area contributed by atoms with Crippen LogP contribution in [-0.2, 0) is 10.0 Å². The van der Waals surface area contributed by atoms with Crippen LogP contribution < -0.4 is 10.5 Å². The summed E-state index contributed by atoms with van der Waals surface area (Å²) < 4.78 is 27.5. The van der Waals surface area contributed by atoms with E-state index in [1.807, 2.05) is 19.9 Å². The number of aryl methyl sites for hydroxylation is 2. The number of hydrogen-bond acceptors (Lipinski definition) is 4. The first kappa shape index (κ1) is 14.8. The zero-order chi connectivity index (χ0) is 14.9. The fraction of sp³-hybridized carbons (Fsp3) is 0.154. The van der Waals surface area contributed by atoms with Crippen LogP contribution in [0.5, 0.6) is 0 Å². The van der Waals surface area contributed by atoms with Gasteiger partial charge in [0.25, 0.3) is 10.0 Å². The summed E-state index contributed by atoms with van der Waals surface area (Å²) in [4.78, 5) is 4.28. The van der Waals surface area contributed by atoms with Crippen molar-refractivity contribution >= 4 is 37.5 Å². The molecule has 0 spiro atoms. The van der Waals surface area contributed by atoms with E-state index in [9.17, 15) is 8.42 Å². The van der Waals surface area contributed by atoms with Gasteiger partial charge in [-0.1, -0.05) is 0 Å². The van der Waals surface area contributed by atoms with Crippen molar-refractivity contribution in [2.45, 2.75) is 18.7 Å². The lowest BCUT2D eigenvalue weighted by atomic mass is 10.2. The standard InChI is InChI=1S/C13H14BrN3O2S/c1-8-5-9(2)16-13(6-8)17-20(18,19)12-4-3-10(15)7-11(12)14/h3-7H,15H2,1-2H3,(H,16,17). The van der Waals surface area contributed by atoms with Crippen LogP contribution in [0, 0.1) is 13.8 Å². The number of pyridine rings is 1. The molecule has 1 aromatic heterocycles. The highest BCUT2D eigenvalue weighted by Gasteiger charge is 2.18. The average molecular weight is 356 g/mol. The van der Waals surface area contributed by atoms with Gasteiger partial charge in [-0.2, -0.15) is 0 Å². The summed E-state index contributed by atoms with van der Waals surface area (Å²) in [5, 5.41) is 0. The van der Waals surface area contributed by atoms with Crippen LogP contribution in [-0.4, -0.2) is 13.4 Å². The topological polar surface area (TPSA) is 85.1 Å². The van der Waals surface area contributed by atoms with Gasteiger partial charge in [0.15, 0.2) is 0 Å². The molecule has 3 N–H and O–H groups in total. The Bertz CT molecular complexity index is 740. The molecule has 2 rings (SSSR count). The van der Waals surface area contributed by atoms with E-state index in [4.69, 9.17) is 5.73 Å². The van der Waals surface area contributed by atoms with Crippen LogP contribution in [0.25, 0.3) is 0 Å². The number of aromatic nitrogens is 1. The van der Waals surface area contributed by atoms with E-state index in [1.165, 1.54) is 12.1 Å². The molecule has 0 aliphatic carbocycles. The van der Waals surface area contributed by atoms with Crippen molar-refractivity contribution in [3.63, 3.8) is 0 Å². The predicted molar refractivity (Wildman–Crippen MR) is 83.1 cm³/mol. The third-order valence-electron chi connectivity index (χ3n) is 2.58. The molecule has 0 bridgehead atoms. The SMILES string of the molecule is Cc1cc(C)nc(NS(=O)(=O)c2ccc(N)cc2Br)c1. The van der Waals surface area contributed by atoms with Gasteiger partial charge in [0.1, 0.15) is 10.7 Å². The monoisotopic (exact) mass is 355 g/mol. The normalized spacial score (nSPS) is 11.3. The van der Waals surface area contributed by atoms with Crippen LogP contribution in [0.1, 0.15) is 11.3 Å². The number of sulfonamides is 1. The van der Waals surface area contributed by atoms with Crippen molar-refractivity contribution < 1.29 is 8.42 Å². The van der Waals surface area contributed by atoms with Gasteiger partial charge < -0.3 is 5.73 Å². The molecule has 0 saturated carbocycles. The Balaban J connectivity index is 2.40. The quantitative estimate of drug-likeness (QED) is 0.829. The highest BCUT2D eigenvalue weighted by atomic mass is 79.9. The summed E-state index contributed by atoms with van der Waals surface area (Å²) in [5.41, 5.74) is 7.78. The molecule has 0 fully saturated rings. The second-order valence-electron chi connectivity index (χ2n) is 4.47. The van der Waals surface area contributed by atoms with E-state index in [2.05, 4.69) is 25.6 Å². The third-order valence-corrected chi connectivity index (χ3v) is 4.91. The summed E-state index contributed by atoms with van der Waals surface area (Å²) in [6, 6.07) is 8.08. The van der Waals surface area contributed by atoms with Gasteiger partial charge in [0.2, 0.25) is 0 Å². The molecule has 0 aliphatic heterocycles. The number of nitrogen functional groups attached to an aromatic ring is 1. The Morgan fingerprint density at radius 3 is 2.50 bits per heavy atom. The zero-order valence-electron chi connectivity index (χ0n) is 11.0. The first-order valence-electron chi connectivity index (χ1n) is 5.81. The van der Waals surface area contributed by atoms with Gasteiger partial charge in [-0.3, -0.25) is 4.72 Å². The Labute approximate surface area is 126 Å². The van der Waals surface area contributed by atoms with Gasteiger partial charge in [-0.25, -0.2) is 13.4 Å². The predicted octanol–water partition coefficient (Wildman–Crippen LogP) is 2.84. The van der Waals surface area contributed by atoms with E-state index < -0.39 is 10.0 Å². The van der Waals surface area contributed by atoms with Crippen LogP contribution in [0.2, 0.25) is 0 Å². The highest BCUT2D eigenvalue weighted by molar-refractivity contribution is 9.10. The number of rotatable bonds is 3. The fourth-order valence-electron chi connectivity index (χ4n) is 1.82. The lowest BCUT2D eigenvalue weighted by Crippen LogP contribution is -2.15. The van der Waals surface area contributed by atoms with Crippen LogP contribution in [0.4, 0.5) is 11.5 Å². The molecule has 0 atom stereocenters. The van der Waals surface area contributed by atoms with Crippen molar-refractivity contribution in [2.24, 2.45) is 0 Å². The maximum absolute atomic E-state index is 12.3. The number of anilines is 2. The minimum absolute atomic E-state index is 0.118. The van der Waals surface area contributed by atoms with Crippen LogP contribution >= 0.6 is 15.9 Å². The average Bonchev–Trinajstić information content (AvgIpc) is 2.25. The van der Waals surface area contributed by atoms with Crippen LogP contribution in [0.15, 0.2) is 39.7 Å². The first-order valence-corrected chi connectivity index (χ1v) is 8.09. The molecular weight excluding hydrogens is 342 g/mol. The minimum Gasteiger partial charge on any atom is -0.399 e. The van der Waals surface area contributed by atoms with E-state index in [0.717, 1.165) is 11.3 Å². The molecule has 0 amide bonds. The summed E-state index contributed by atoms with van der Waals surface area (Å²) >= 11 is 3.21. The number of nitrogens with one attached hydrogen (secondary N) is 1. The molecule has 0 radical (unpaired) electrons. The molecule has 0 aliphatic rings. The molecule has 1 aromatic carbocycles. The molecule has 1 heterocycles. The van der Waals surface area contributed by atoms with E-state index in [1.54, 1.807) is 12.1 Å². The Morgan fingerprint density at radius 2 is 1.90 bits per heavy atom. The Hall–Kier alpha value is -1.60. The van der Waals surface area contributed by atoms with Crippen molar-refractivity contribution in [2.75, 3.05) is 10.5 Å². The van der Waals surface area contributed by atoms with Crippen molar-refractivity contribution in [1.82, 2.24) is 4.98 Å². The van der Waals surface area contributed by atoms with Crippen LogP contribution in [0.3, 0.4) is 0 Å². The van der Waals surface area contributed by atoms with Crippen molar-refractivity contribution in [3.8, 4) is 0 Å². The lowest BCUT2D eigenvalue weighted by molar-refractivity contribution is 0.600. The zero-order valence-corrected chi connectivity index (χ0v) is 13.4. The molecular formula is C13H14BrN3O2S. The van der Waals surface area contributed by atoms with Gasteiger partial charge in [-0.05, 0) is 65.7 Å². The second-order valence-corrected chi connectivity index (χ2v) is 6.97. The smallest absolute Gasteiger partial charge is 0.264 e. The third kappa shape index (κ3) is 3.29. The molecule has 7 heteroatoms. The van der Waals surface area contributed by atoms with Crippen molar-refractivity contribution in [1.29, 1.82) is 0 Å².